The number of anilines is 1. The van der Waals surface area contributed by atoms with Crippen molar-refractivity contribution in [3.05, 3.63) is 58.5 Å². The molecule has 0 radical (unpaired) electrons. The van der Waals surface area contributed by atoms with Crippen molar-refractivity contribution in [1.82, 2.24) is 10.2 Å². The van der Waals surface area contributed by atoms with E-state index in [1.165, 1.54) is 28.9 Å². The lowest BCUT2D eigenvalue weighted by Gasteiger charge is -2.06. The van der Waals surface area contributed by atoms with E-state index in [1.54, 1.807) is 17.6 Å². The van der Waals surface area contributed by atoms with E-state index in [9.17, 15) is 4.79 Å². The van der Waals surface area contributed by atoms with Crippen LogP contribution in [0.25, 0.3) is 0 Å². The van der Waals surface area contributed by atoms with Gasteiger partial charge in [-0.05, 0) is 54.7 Å². The minimum absolute atomic E-state index is 0.220. The predicted molar refractivity (Wildman–Crippen MR) is 89.4 cm³/mol. The normalized spacial score (nSPS) is 12.8. The lowest BCUT2D eigenvalue weighted by molar-refractivity contribution is 0.0992. The molecule has 7 heteroatoms. The monoisotopic (exact) mass is 341 g/mol. The first-order valence-corrected chi connectivity index (χ1v) is 8.57. The molecule has 0 fully saturated rings. The van der Waals surface area contributed by atoms with Gasteiger partial charge in [-0.15, -0.1) is 10.2 Å². The van der Waals surface area contributed by atoms with Crippen LogP contribution >= 0.6 is 11.3 Å². The van der Waals surface area contributed by atoms with E-state index in [4.69, 9.17) is 9.15 Å². The van der Waals surface area contributed by atoms with Gasteiger partial charge in [0.2, 0.25) is 5.13 Å². The van der Waals surface area contributed by atoms with E-state index in [-0.39, 0.29) is 18.3 Å². The Balaban J connectivity index is 1.37. The summed E-state index contributed by atoms with van der Waals surface area (Å²) in [6, 6.07) is 9.56. The number of aromatic nitrogens is 2. The molecule has 3 aromatic rings. The van der Waals surface area contributed by atoms with Crippen LogP contribution in [0.4, 0.5) is 5.13 Å². The Morgan fingerprint density at radius 3 is 3.04 bits per heavy atom. The molecule has 1 aromatic carbocycles. The maximum atomic E-state index is 12.0. The van der Waals surface area contributed by atoms with Crippen molar-refractivity contribution >= 4 is 22.4 Å². The van der Waals surface area contributed by atoms with Crippen LogP contribution in [-0.4, -0.2) is 16.1 Å². The van der Waals surface area contributed by atoms with Gasteiger partial charge in [-0.25, -0.2) is 0 Å². The van der Waals surface area contributed by atoms with Gasteiger partial charge >= 0.3 is 0 Å². The molecule has 0 saturated carbocycles. The SMILES string of the molecule is O=C(Nc1nncs1)c1ccc(COc2ccc3c(c2)CCC3)o1. The number of fused-ring (bicyclic) bond motifs is 1. The zero-order valence-corrected chi connectivity index (χ0v) is 13.6. The molecule has 0 aliphatic heterocycles. The molecule has 2 heterocycles. The Morgan fingerprint density at radius 1 is 1.25 bits per heavy atom. The summed E-state index contributed by atoms with van der Waals surface area (Å²) in [4.78, 5) is 12.0. The number of benzene rings is 1. The van der Waals surface area contributed by atoms with Crippen LogP contribution in [0.1, 0.15) is 33.9 Å². The van der Waals surface area contributed by atoms with Gasteiger partial charge in [0, 0.05) is 0 Å². The van der Waals surface area contributed by atoms with Crippen LogP contribution in [0.2, 0.25) is 0 Å². The molecule has 1 amide bonds. The fourth-order valence-electron chi connectivity index (χ4n) is 2.76. The molecular weight excluding hydrogens is 326 g/mol. The number of carbonyl (C=O) groups is 1. The van der Waals surface area contributed by atoms with Crippen molar-refractivity contribution in [2.24, 2.45) is 0 Å². The summed E-state index contributed by atoms with van der Waals surface area (Å²) in [5.74, 6) is 1.29. The average molecular weight is 341 g/mol. The topological polar surface area (TPSA) is 77.2 Å². The number of carbonyl (C=O) groups excluding carboxylic acids is 1. The fraction of sp³-hybridized carbons (Fsp3) is 0.235. The third-order valence-corrected chi connectivity index (χ3v) is 4.52. The Hall–Kier alpha value is -2.67. The molecule has 4 rings (SSSR count). The maximum Gasteiger partial charge on any atom is 0.293 e. The summed E-state index contributed by atoms with van der Waals surface area (Å²) in [5.41, 5.74) is 4.33. The number of aryl methyl sites for hydroxylation is 2. The van der Waals surface area contributed by atoms with Crippen molar-refractivity contribution in [2.75, 3.05) is 5.32 Å². The number of nitrogens with one attached hydrogen (secondary N) is 1. The molecule has 24 heavy (non-hydrogen) atoms. The highest BCUT2D eigenvalue weighted by Crippen LogP contribution is 2.26. The van der Waals surface area contributed by atoms with Crippen LogP contribution in [0.15, 0.2) is 40.3 Å². The van der Waals surface area contributed by atoms with Gasteiger partial charge in [0.25, 0.3) is 5.91 Å². The van der Waals surface area contributed by atoms with Crippen molar-refractivity contribution in [2.45, 2.75) is 25.9 Å². The van der Waals surface area contributed by atoms with Crippen LogP contribution in [-0.2, 0) is 19.4 Å². The second kappa shape index (κ2) is 6.45. The van der Waals surface area contributed by atoms with Crippen molar-refractivity contribution in [1.29, 1.82) is 0 Å². The van der Waals surface area contributed by atoms with Crippen molar-refractivity contribution in [3.8, 4) is 5.75 Å². The van der Waals surface area contributed by atoms with Gasteiger partial charge < -0.3 is 9.15 Å². The molecule has 1 aliphatic carbocycles. The van der Waals surface area contributed by atoms with E-state index in [2.05, 4.69) is 27.6 Å². The highest BCUT2D eigenvalue weighted by Gasteiger charge is 2.14. The smallest absolute Gasteiger partial charge is 0.293 e. The van der Waals surface area contributed by atoms with Crippen LogP contribution < -0.4 is 10.1 Å². The van der Waals surface area contributed by atoms with Crippen molar-refractivity contribution < 1.29 is 13.9 Å². The second-order valence-corrected chi connectivity index (χ2v) is 6.37. The minimum Gasteiger partial charge on any atom is -0.486 e. The molecule has 122 valence electrons. The van der Waals surface area contributed by atoms with Gasteiger partial charge in [0.05, 0.1) is 0 Å². The number of hydrogen-bond acceptors (Lipinski definition) is 6. The van der Waals surface area contributed by atoms with Gasteiger partial charge in [0.15, 0.2) is 5.76 Å². The van der Waals surface area contributed by atoms with E-state index in [0.29, 0.717) is 10.9 Å². The highest BCUT2D eigenvalue weighted by atomic mass is 32.1. The Labute approximate surface area is 142 Å². The molecule has 1 aliphatic rings. The summed E-state index contributed by atoms with van der Waals surface area (Å²) in [5, 5.41) is 10.5. The average Bonchev–Trinajstić information content (AvgIpc) is 3.33. The Kier molecular flexibility index (Phi) is 4.00. The molecule has 0 atom stereocenters. The van der Waals surface area contributed by atoms with Crippen LogP contribution in [0.3, 0.4) is 0 Å². The molecular formula is C17H15N3O3S. The summed E-state index contributed by atoms with van der Waals surface area (Å²) < 4.78 is 11.3. The summed E-state index contributed by atoms with van der Waals surface area (Å²) >= 11 is 1.25. The molecule has 0 spiro atoms. The number of rotatable bonds is 5. The number of amides is 1. The zero-order valence-electron chi connectivity index (χ0n) is 12.8. The number of furan rings is 1. The summed E-state index contributed by atoms with van der Waals surface area (Å²) in [7, 11) is 0. The molecule has 0 saturated heterocycles. The molecule has 2 aromatic heterocycles. The second-order valence-electron chi connectivity index (χ2n) is 5.54. The number of nitrogens with zero attached hydrogens (tertiary/aromatic N) is 2. The van der Waals surface area contributed by atoms with E-state index >= 15 is 0 Å². The largest absolute Gasteiger partial charge is 0.486 e. The summed E-state index contributed by atoms with van der Waals surface area (Å²) in [6.45, 7) is 0.283. The summed E-state index contributed by atoms with van der Waals surface area (Å²) in [6.07, 6.45) is 3.48. The predicted octanol–water partition coefficient (Wildman–Crippen LogP) is 3.45. The van der Waals surface area contributed by atoms with Gasteiger partial charge in [0.1, 0.15) is 23.6 Å². The third kappa shape index (κ3) is 3.16. The minimum atomic E-state index is -0.351. The van der Waals surface area contributed by atoms with E-state index < -0.39 is 0 Å². The van der Waals surface area contributed by atoms with Gasteiger partial charge in [-0.3, -0.25) is 10.1 Å². The molecule has 0 bridgehead atoms. The molecule has 1 N–H and O–H groups in total. The van der Waals surface area contributed by atoms with Gasteiger partial charge in [-0.2, -0.15) is 0 Å². The van der Waals surface area contributed by atoms with E-state index in [1.807, 2.05) is 6.07 Å². The van der Waals surface area contributed by atoms with Crippen molar-refractivity contribution in [3.63, 3.8) is 0 Å². The standard InChI is InChI=1S/C17H15N3O3S/c21-16(19-17-20-18-10-24-17)15-7-6-14(23-15)9-22-13-5-4-11-2-1-3-12(11)8-13/h4-8,10H,1-3,9H2,(H,19,20,21). The first-order chi connectivity index (χ1) is 11.8. The van der Waals surface area contributed by atoms with E-state index in [0.717, 1.165) is 18.6 Å². The zero-order chi connectivity index (χ0) is 16.4. The molecule has 6 nitrogen and oxygen atoms in total. The van der Waals surface area contributed by atoms with Crippen LogP contribution in [0, 0.1) is 0 Å². The number of ether oxygens (including phenoxy) is 1. The van der Waals surface area contributed by atoms with Crippen LogP contribution in [0.5, 0.6) is 5.75 Å². The van der Waals surface area contributed by atoms with Gasteiger partial charge in [-0.1, -0.05) is 17.4 Å². The maximum absolute atomic E-state index is 12.0. The Morgan fingerprint density at radius 2 is 2.17 bits per heavy atom. The fourth-order valence-corrected chi connectivity index (χ4v) is 3.20. The third-order valence-electron chi connectivity index (χ3n) is 3.92. The quantitative estimate of drug-likeness (QED) is 0.769. The highest BCUT2D eigenvalue weighted by molar-refractivity contribution is 7.13. The first kappa shape index (κ1) is 14.9. The Bertz CT molecular complexity index is 858. The lowest BCUT2D eigenvalue weighted by Crippen LogP contribution is -2.10. The number of hydrogen-bond donors (Lipinski definition) is 1. The lowest BCUT2D eigenvalue weighted by atomic mass is 10.1. The molecule has 0 unspecified atom stereocenters. The first-order valence-electron chi connectivity index (χ1n) is 7.69.